The molecular formula is C30H40ClN3O6. The normalized spacial score (nSPS) is 23.1. The molecule has 1 aromatic carbocycles. The predicted molar refractivity (Wildman–Crippen MR) is 153 cm³/mol. The molecule has 2 aromatic rings. The molecule has 1 saturated heterocycles. The van der Waals surface area contributed by atoms with E-state index in [9.17, 15) is 9.59 Å². The zero-order chi connectivity index (χ0) is 28.4. The van der Waals surface area contributed by atoms with Gasteiger partial charge in [-0.25, -0.2) is 0 Å². The maximum atomic E-state index is 13.2. The van der Waals surface area contributed by atoms with E-state index in [1.807, 2.05) is 26.8 Å². The van der Waals surface area contributed by atoms with Crippen molar-refractivity contribution < 1.29 is 23.7 Å². The van der Waals surface area contributed by atoms with Crippen molar-refractivity contribution in [1.82, 2.24) is 15.2 Å². The number of nitrogens with one attached hydrogen (secondary N) is 2. The quantitative estimate of drug-likeness (QED) is 0.438. The lowest BCUT2D eigenvalue weighted by atomic mass is 9.81. The zero-order valence-corrected chi connectivity index (χ0v) is 24.6. The van der Waals surface area contributed by atoms with E-state index in [0.717, 1.165) is 50.0 Å². The van der Waals surface area contributed by atoms with Crippen LogP contribution in [0.5, 0.6) is 11.5 Å². The van der Waals surface area contributed by atoms with E-state index in [0.29, 0.717) is 71.1 Å². The van der Waals surface area contributed by atoms with E-state index in [4.69, 9.17) is 30.5 Å². The van der Waals surface area contributed by atoms with Gasteiger partial charge in [-0.2, -0.15) is 0 Å². The van der Waals surface area contributed by atoms with Gasteiger partial charge in [-0.15, -0.1) is 0 Å². The van der Waals surface area contributed by atoms with Crippen molar-refractivity contribution in [2.75, 3.05) is 40.0 Å². The summed E-state index contributed by atoms with van der Waals surface area (Å²) in [6.45, 7) is 9.40. The van der Waals surface area contributed by atoms with Crippen molar-refractivity contribution in [2.45, 2.75) is 71.2 Å². The first-order valence-corrected chi connectivity index (χ1v) is 14.6. The first-order chi connectivity index (χ1) is 19.2. The van der Waals surface area contributed by atoms with E-state index in [-0.39, 0.29) is 24.1 Å². The summed E-state index contributed by atoms with van der Waals surface area (Å²) in [5.74, 6) is 1.10. The van der Waals surface area contributed by atoms with Crippen LogP contribution >= 0.6 is 11.6 Å². The monoisotopic (exact) mass is 573 g/mol. The number of nitrogens with zero attached hydrogens (tertiary/aromatic N) is 1. The molecule has 1 amide bonds. The second-order valence-electron chi connectivity index (χ2n) is 11.3. The molecule has 2 aliphatic heterocycles. The van der Waals surface area contributed by atoms with Crippen molar-refractivity contribution in [1.29, 1.82) is 0 Å². The lowest BCUT2D eigenvalue weighted by Gasteiger charge is -2.47. The lowest BCUT2D eigenvalue weighted by Crippen LogP contribution is -2.57. The Morgan fingerprint density at radius 3 is 2.58 bits per heavy atom. The number of hydrogen-bond acceptors (Lipinski definition) is 7. The number of fused-ring (bicyclic) bond motifs is 1. The van der Waals surface area contributed by atoms with Gasteiger partial charge in [-0.3, -0.25) is 14.5 Å². The summed E-state index contributed by atoms with van der Waals surface area (Å²) in [6.07, 6.45) is 4.62. The Balaban J connectivity index is 1.18. The summed E-state index contributed by atoms with van der Waals surface area (Å²) in [5.41, 5.74) is 3.05. The van der Waals surface area contributed by atoms with Gasteiger partial charge in [-0.1, -0.05) is 11.6 Å². The Labute approximate surface area is 240 Å². The van der Waals surface area contributed by atoms with Crippen LogP contribution in [0.4, 0.5) is 0 Å². The number of ether oxygens (including phenoxy) is 4. The van der Waals surface area contributed by atoms with Crippen LogP contribution in [0.2, 0.25) is 5.02 Å². The Morgan fingerprint density at radius 1 is 1.12 bits per heavy atom. The number of carbonyl (C=O) groups is 1. The summed E-state index contributed by atoms with van der Waals surface area (Å²) in [7, 11) is 1.69. The SMILES string of the molecule is COCCOC1CN([C@H]2CC[C@@H]([C@H]3COc4c(Cl)cc(C(=O)NCc5c(C)cc(C)[nH]c5=O)c(C)c4O3)CC2)C1. The molecule has 0 spiro atoms. The number of amides is 1. The summed E-state index contributed by atoms with van der Waals surface area (Å²) in [5, 5.41) is 3.22. The number of pyridine rings is 1. The van der Waals surface area contributed by atoms with Gasteiger partial charge in [0.05, 0.1) is 24.3 Å². The average molecular weight is 574 g/mol. The van der Waals surface area contributed by atoms with Crippen LogP contribution in [-0.4, -0.2) is 74.1 Å². The molecule has 2 N–H and O–H groups in total. The molecule has 9 nitrogen and oxygen atoms in total. The van der Waals surface area contributed by atoms with Gasteiger partial charge in [0, 0.05) is 55.2 Å². The number of carbonyl (C=O) groups excluding carboxylic acids is 1. The second kappa shape index (κ2) is 12.5. The van der Waals surface area contributed by atoms with Gasteiger partial charge >= 0.3 is 0 Å². The third-order valence-corrected chi connectivity index (χ3v) is 8.85. The van der Waals surface area contributed by atoms with Crippen molar-refractivity contribution in [3.8, 4) is 11.5 Å². The number of aryl methyl sites for hydroxylation is 2. The Bertz CT molecular complexity index is 1280. The standard InChI is InChI=1S/C30H40ClN3O6/c1-17-11-18(2)33-30(36)24(17)13-32-29(35)23-12-25(31)28-27(19(23)3)40-26(16-39-28)20-5-7-21(8-6-20)34-14-22(15-34)38-10-9-37-4/h11-12,20-22,26H,5-10,13-16H2,1-4H3,(H,32,35)(H,33,36)/t20-,21+,26-/m1/s1. The molecule has 1 aromatic heterocycles. The Morgan fingerprint density at radius 2 is 1.88 bits per heavy atom. The van der Waals surface area contributed by atoms with E-state index < -0.39 is 0 Å². The maximum Gasteiger partial charge on any atom is 0.253 e. The molecule has 3 aliphatic rings. The van der Waals surface area contributed by atoms with Gasteiger partial charge in [0.25, 0.3) is 11.5 Å². The molecular weight excluding hydrogens is 534 g/mol. The Kier molecular flexibility index (Phi) is 9.05. The van der Waals surface area contributed by atoms with E-state index in [1.54, 1.807) is 13.2 Å². The molecule has 2 fully saturated rings. The molecule has 218 valence electrons. The van der Waals surface area contributed by atoms with Crippen LogP contribution in [-0.2, 0) is 16.0 Å². The number of aromatic nitrogens is 1. The highest BCUT2D eigenvalue weighted by Crippen LogP contribution is 2.45. The minimum atomic E-state index is -0.313. The summed E-state index contributed by atoms with van der Waals surface area (Å²) in [4.78, 5) is 30.9. The van der Waals surface area contributed by atoms with Crippen LogP contribution in [0.3, 0.4) is 0 Å². The molecule has 0 unspecified atom stereocenters. The van der Waals surface area contributed by atoms with E-state index >= 15 is 0 Å². The van der Waals surface area contributed by atoms with Crippen molar-refractivity contribution in [3.05, 3.63) is 55.5 Å². The molecule has 1 atom stereocenters. The zero-order valence-electron chi connectivity index (χ0n) is 23.8. The molecule has 1 aliphatic carbocycles. The molecule has 1 saturated carbocycles. The maximum absolute atomic E-state index is 13.2. The average Bonchev–Trinajstić information content (AvgIpc) is 2.91. The highest BCUT2D eigenvalue weighted by Gasteiger charge is 2.39. The summed E-state index contributed by atoms with van der Waals surface area (Å²) >= 11 is 6.55. The molecule has 40 heavy (non-hydrogen) atoms. The largest absolute Gasteiger partial charge is 0.484 e. The molecule has 10 heteroatoms. The van der Waals surface area contributed by atoms with Crippen molar-refractivity contribution in [2.24, 2.45) is 5.92 Å². The van der Waals surface area contributed by atoms with Crippen LogP contribution in [0.15, 0.2) is 16.9 Å². The van der Waals surface area contributed by atoms with E-state index in [1.165, 1.54) is 0 Å². The van der Waals surface area contributed by atoms with Gasteiger partial charge in [0.15, 0.2) is 11.5 Å². The summed E-state index contributed by atoms with van der Waals surface area (Å²) in [6, 6.07) is 4.10. The number of benzene rings is 1. The Hall–Kier alpha value is -2.59. The van der Waals surface area contributed by atoms with Gasteiger partial charge in [-0.05, 0) is 70.1 Å². The highest BCUT2D eigenvalue weighted by molar-refractivity contribution is 6.32. The molecule has 0 bridgehead atoms. The van der Waals surface area contributed by atoms with Gasteiger partial charge < -0.3 is 29.2 Å². The van der Waals surface area contributed by atoms with Crippen LogP contribution < -0.4 is 20.3 Å². The number of rotatable bonds is 9. The van der Waals surface area contributed by atoms with Crippen molar-refractivity contribution in [3.63, 3.8) is 0 Å². The topological polar surface area (TPSA) is 102 Å². The third-order valence-electron chi connectivity index (χ3n) is 8.56. The first kappa shape index (κ1) is 28.9. The number of likely N-dealkylation sites (tertiary alicyclic amines) is 1. The number of aromatic amines is 1. The number of methoxy groups -OCH3 is 1. The number of H-pyrrole nitrogens is 1. The summed E-state index contributed by atoms with van der Waals surface area (Å²) < 4.78 is 23.5. The fraction of sp³-hybridized carbons (Fsp3) is 0.600. The molecule has 0 radical (unpaired) electrons. The minimum Gasteiger partial charge on any atom is -0.484 e. The fourth-order valence-corrected chi connectivity index (χ4v) is 6.42. The van der Waals surface area contributed by atoms with Crippen molar-refractivity contribution >= 4 is 17.5 Å². The van der Waals surface area contributed by atoms with Gasteiger partial charge in [0.1, 0.15) is 12.7 Å². The smallest absolute Gasteiger partial charge is 0.253 e. The predicted octanol–water partition coefficient (Wildman–Crippen LogP) is 3.93. The van der Waals surface area contributed by atoms with Gasteiger partial charge in [0.2, 0.25) is 0 Å². The van der Waals surface area contributed by atoms with Crippen LogP contribution in [0.1, 0.15) is 58.4 Å². The second-order valence-corrected chi connectivity index (χ2v) is 11.7. The number of hydrogen-bond donors (Lipinski definition) is 2. The molecule has 5 rings (SSSR count). The van der Waals surface area contributed by atoms with Crippen LogP contribution in [0.25, 0.3) is 0 Å². The lowest BCUT2D eigenvalue weighted by molar-refractivity contribution is -0.0908. The fourth-order valence-electron chi connectivity index (χ4n) is 6.17. The number of halogens is 1. The van der Waals surface area contributed by atoms with Crippen LogP contribution in [0, 0.1) is 26.7 Å². The highest BCUT2D eigenvalue weighted by atomic mass is 35.5. The van der Waals surface area contributed by atoms with E-state index in [2.05, 4.69) is 15.2 Å². The third kappa shape index (κ3) is 6.17. The minimum absolute atomic E-state index is 0.0863. The molecule has 3 heterocycles. The first-order valence-electron chi connectivity index (χ1n) is 14.2.